The Morgan fingerprint density at radius 1 is 1.12 bits per heavy atom. The molecule has 0 N–H and O–H groups in total. The molecular weight excluding hydrogens is 196 g/mol. The lowest BCUT2D eigenvalue weighted by atomic mass is 9.79. The summed E-state index contributed by atoms with van der Waals surface area (Å²) >= 11 is 0. The molecular formula is C14H22N2. The van der Waals surface area contributed by atoms with Crippen LogP contribution in [0.15, 0.2) is 12.5 Å². The van der Waals surface area contributed by atoms with Gasteiger partial charge in [-0.1, -0.05) is 40.0 Å². The first-order valence-corrected chi connectivity index (χ1v) is 6.39. The van der Waals surface area contributed by atoms with Gasteiger partial charge in [0.15, 0.2) is 0 Å². The lowest BCUT2D eigenvalue weighted by Crippen LogP contribution is -2.19. The molecule has 1 saturated carbocycles. The first kappa shape index (κ1) is 11.6. The number of rotatable bonds is 1. The van der Waals surface area contributed by atoms with Crippen LogP contribution < -0.4 is 0 Å². The topological polar surface area (TPSA) is 25.8 Å². The second-order valence-corrected chi connectivity index (χ2v) is 5.91. The standard InChI is InChI=1S/C14H22N2/c1-14(2,3)12-9-15-10-16-13(12)11-7-5-4-6-8-11/h9-11H,4-8H2,1-3H3. The van der Waals surface area contributed by atoms with Crippen LogP contribution >= 0.6 is 0 Å². The minimum atomic E-state index is 0.161. The third-order valence-corrected chi connectivity index (χ3v) is 3.54. The highest BCUT2D eigenvalue weighted by atomic mass is 14.8. The van der Waals surface area contributed by atoms with Crippen LogP contribution in [0.25, 0.3) is 0 Å². The van der Waals surface area contributed by atoms with E-state index in [0.717, 1.165) is 0 Å². The summed E-state index contributed by atoms with van der Waals surface area (Å²) in [5.74, 6) is 0.672. The Bertz CT molecular complexity index is 346. The van der Waals surface area contributed by atoms with Gasteiger partial charge in [-0.3, -0.25) is 0 Å². The van der Waals surface area contributed by atoms with Crippen molar-refractivity contribution in [1.29, 1.82) is 0 Å². The molecule has 0 bridgehead atoms. The second-order valence-electron chi connectivity index (χ2n) is 5.91. The molecule has 1 aliphatic rings. The largest absolute Gasteiger partial charge is 0.244 e. The van der Waals surface area contributed by atoms with Crippen LogP contribution in [-0.2, 0) is 5.41 Å². The van der Waals surface area contributed by atoms with Crippen LogP contribution in [0.2, 0.25) is 0 Å². The van der Waals surface area contributed by atoms with E-state index in [9.17, 15) is 0 Å². The monoisotopic (exact) mass is 218 g/mol. The van der Waals surface area contributed by atoms with Crippen molar-refractivity contribution in [3.63, 3.8) is 0 Å². The van der Waals surface area contributed by atoms with Crippen LogP contribution in [0.3, 0.4) is 0 Å². The number of aromatic nitrogens is 2. The third kappa shape index (κ3) is 2.42. The van der Waals surface area contributed by atoms with Crippen LogP contribution in [0.1, 0.15) is 70.1 Å². The molecule has 0 atom stereocenters. The molecule has 1 aromatic rings. The SMILES string of the molecule is CC(C)(C)c1cncnc1C1CCCCC1. The Labute approximate surface area is 98.5 Å². The Morgan fingerprint density at radius 2 is 1.81 bits per heavy atom. The summed E-state index contributed by atoms with van der Waals surface area (Å²) in [6.45, 7) is 6.74. The zero-order chi connectivity index (χ0) is 11.6. The van der Waals surface area contributed by atoms with Gasteiger partial charge in [-0.2, -0.15) is 0 Å². The van der Waals surface area contributed by atoms with E-state index in [4.69, 9.17) is 0 Å². The maximum absolute atomic E-state index is 4.56. The summed E-state index contributed by atoms with van der Waals surface area (Å²) in [6.07, 6.45) is 10.4. The Balaban J connectivity index is 2.32. The Hall–Kier alpha value is -0.920. The molecule has 16 heavy (non-hydrogen) atoms. The van der Waals surface area contributed by atoms with Crippen molar-refractivity contribution in [2.24, 2.45) is 0 Å². The van der Waals surface area contributed by atoms with Crippen LogP contribution in [0.4, 0.5) is 0 Å². The molecule has 2 nitrogen and oxygen atoms in total. The fourth-order valence-corrected chi connectivity index (χ4v) is 2.62. The van der Waals surface area contributed by atoms with E-state index in [1.54, 1.807) is 6.33 Å². The number of nitrogens with zero attached hydrogens (tertiary/aromatic N) is 2. The van der Waals surface area contributed by atoms with E-state index in [1.165, 1.54) is 43.4 Å². The van der Waals surface area contributed by atoms with Crippen molar-refractivity contribution >= 4 is 0 Å². The predicted octanol–water partition coefficient (Wildman–Crippen LogP) is 3.82. The summed E-state index contributed by atoms with van der Waals surface area (Å²) in [4.78, 5) is 8.75. The van der Waals surface area contributed by atoms with Gasteiger partial charge in [0, 0.05) is 12.1 Å². The lowest BCUT2D eigenvalue weighted by molar-refractivity contribution is 0.426. The quantitative estimate of drug-likeness (QED) is 0.716. The molecule has 2 heteroatoms. The Kier molecular flexibility index (Phi) is 3.27. The number of hydrogen-bond acceptors (Lipinski definition) is 2. The molecule has 2 rings (SSSR count). The summed E-state index contributed by atoms with van der Waals surface area (Å²) in [6, 6.07) is 0. The summed E-state index contributed by atoms with van der Waals surface area (Å²) < 4.78 is 0. The van der Waals surface area contributed by atoms with Gasteiger partial charge in [0.05, 0.1) is 5.69 Å². The van der Waals surface area contributed by atoms with Crippen molar-refractivity contribution in [3.05, 3.63) is 23.8 Å². The molecule has 88 valence electrons. The van der Waals surface area contributed by atoms with E-state index in [-0.39, 0.29) is 5.41 Å². The Morgan fingerprint density at radius 3 is 2.44 bits per heavy atom. The van der Waals surface area contributed by atoms with Gasteiger partial charge < -0.3 is 0 Å². The van der Waals surface area contributed by atoms with E-state index in [0.29, 0.717) is 5.92 Å². The van der Waals surface area contributed by atoms with Gasteiger partial charge in [0.1, 0.15) is 6.33 Å². The van der Waals surface area contributed by atoms with E-state index < -0.39 is 0 Å². The highest BCUT2D eigenvalue weighted by Gasteiger charge is 2.25. The lowest BCUT2D eigenvalue weighted by Gasteiger charge is -2.27. The van der Waals surface area contributed by atoms with E-state index >= 15 is 0 Å². The average molecular weight is 218 g/mol. The molecule has 1 heterocycles. The highest BCUT2D eigenvalue weighted by molar-refractivity contribution is 5.27. The number of hydrogen-bond donors (Lipinski definition) is 0. The van der Waals surface area contributed by atoms with Gasteiger partial charge in [-0.05, 0) is 23.8 Å². The van der Waals surface area contributed by atoms with Crippen molar-refractivity contribution in [2.75, 3.05) is 0 Å². The van der Waals surface area contributed by atoms with Gasteiger partial charge in [-0.15, -0.1) is 0 Å². The third-order valence-electron chi connectivity index (χ3n) is 3.54. The molecule has 0 aliphatic heterocycles. The predicted molar refractivity (Wildman–Crippen MR) is 66.6 cm³/mol. The van der Waals surface area contributed by atoms with Crippen LogP contribution in [-0.4, -0.2) is 9.97 Å². The van der Waals surface area contributed by atoms with E-state index in [2.05, 4.69) is 30.7 Å². The first-order chi connectivity index (χ1) is 7.59. The minimum absolute atomic E-state index is 0.161. The molecule has 0 unspecified atom stereocenters. The molecule has 1 fully saturated rings. The summed E-state index contributed by atoms with van der Waals surface area (Å²) in [5, 5.41) is 0. The molecule has 0 saturated heterocycles. The smallest absolute Gasteiger partial charge is 0.115 e. The molecule has 0 spiro atoms. The molecule has 0 amide bonds. The van der Waals surface area contributed by atoms with Crippen LogP contribution in [0, 0.1) is 0 Å². The normalized spacial score (nSPS) is 18.7. The van der Waals surface area contributed by atoms with E-state index in [1.807, 2.05) is 6.20 Å². The molecule has 0 radical (unpaired) electrons. The zero-order valence-electron chi connectivity index (χ0n) is 10.7. The molecule has 0 aromatic carbocycles. The second kappa shape index (κ2) is 4.52. The van der Waals surface area contributed by atoms with Crippen molar-refractivity contribution in [1.82, 2.24) is 9.97 Å². The van der Waals surface area contributed by atoms with Crippen molar-refractivity contribution in [3.8, 4) is 0 Å². The average Bonchev–Trinajstić information content (AvgIpc) is 2.29. The minimum Gasteiger partial charge on any atom is -0.244 e. The van der Waals surface area contributed by atoms with Crippen molar-refractivity contribution < 1.29 is 0 Å². The first-order valence-electron chi connectivity index (χ1n) is 6.39. The fraction of sp³-hybridized carbons (Fsp3) is 0.714. The highest BCUT2D eigenvalue weighted by Crippen LogP contribution is 2.36. The van der Waals surface area contributed by atoms with Crippen LogP contribution in [0.5, 0.6) is 0 Å². The van der Waals surface area contributed by atoms with Gasteiger partial charge in [-0.25, -0.2) is 9.97 Å². The fourth-order valence-electron chi connectivity index (χ4n) is 2.62. The summed E-state index contributed by atoms with van der Waals surface area (Å²) in [7, 11) is 0. The van der Waals surface area contributed by atoms with Crippen molar-refractivity contribution in [2.45, 2.75) is 64.2 Å². The molecule has 1 aromatic heterocycles. The summed E-state index contributed by atoms with van der Waals surface area (Å²) in [5.41, 5.74) is 2.80. The molecule has 1 aliphatic carbocycles. The maximum atomic E-state index is 4.56. The zero-order valence-corrected chi connectivity index (χ0v) is 10.7. The van der Waals surface area contributed by atoms with Gasteiger partial charge >= 0.3 is 0 Å². The van der Waals surface area contributed by atoms with Gasteiger partial charge in [0.2, 0.25) is 0 Å². The van der Waals surface area contributed by atoms with Gasteiger partial charge in [0.25, 0.3) is 0 Å². The maximum Gasteiger partial charge on any atom is 0.115 e.